The predicted octanol–water partition coefficient (Wildman–Crippen LogP) is 1.88. The zero-order chi connectivity index (χ0) is 22.1. The van der Waals surface area contributed by atoms with Gasteiger partial charge in [0.1, 0.15) is 11.9 Å². The number of urea groups is 1. The Hall–Kier alpha value is -2.32. The fourth-order valence-electron chi connectivity index (χ4n) is 3.67. The molecule has 0 aromatic heterocycles. The summed E-state index contributed by atoms with van der Waals surface area (Å²) in [5.74, 6) is 0.873. The number of piperazine rings is 1. The Morgan fingerprint density at radius 2 is 1.77 bits per heavy atom. The maximum Gasteiger partial charge on any atom is 0.317 e. The Kier molecular flexibility index (Phi) is 8.92. The SMILES string of the molecule is CCN1CCN(C(C)(C)CNC(=O)N2CC(Oc3ccc(C)cc3)C2)CC1.O=CO. The van der Waals surface area contributed by atoms with Gasteiger partial charge in [0.05, 0.1) is 13.1 Å². The number of amides is 2. The smallest absolute Gasteiger partial charge is 0.317 e. The summed E-state index contributed by atoms with van der Waals surface area (Å²) < 4.78 is 5.91. The van der Waals surface area contributed by atoms with Crippen LogP contribution in [-0.4, -0.2) is 96.3 Å². The summed E-state index contributed by atoms with van der Waals surface area (Å²) in [6.45, 7) is 15.9. The summed E-state index contributed by atoms with van der Waals surface area (Å²) in [7, 11) is 0. The van der Waals surface area contributed by atoms with E-state index in [0.717, 1.165) is 38.5 Å². The molecule has 0 spiro atoms. The fourth-order valence-corrected chi connectivity index (χ4v) is 3.67. The molecular formula is C22H36N4O4. The number of likely N-dealkylation sites (N-methyl/N-ethyl adjacent to an activating group) is 1. The Morgan fingerprint density at radius 1 is 1.20 bits per heavy atom. The van der Waals surface area contributed by atoms with Crippen molar-refractivity contribution in [2.45, 2.75) is 39.3 Å². The summed E-state index contributed by atoms with van der Waals surface area (Å²) in [5.41, 5.74) is 1.19. The number of benzene rings is 1. The average molecular weight is 421 g/mol. The van der Waals surface area contributed by atoms with E-state index in [4.69, 9.17) is 14.6 Å². The van der Waals surface area contributed by atoms with Crippen LogP contribution < -0.4 is 10.1 Å². The van der Waals surface area contributed by atoms with Crippen LogP contribution in [0.2, 0.25) is 0 Å². The van der Waals surface area contributed by atoms with Crippen molar-refractivity contribution in [1.29, 1.82) is 0 Å². The molecule has 1 aromatic rings. The first-order valence-electron chi connectivity index (χ1n) is 10.6. The van der Waals surface area contributed by atoms with Crippen LogP contribution in [0.5, 0.6) is 5.75 Å². The van der Waals surface area contributed by atoms with Crippen LogP contribution in [0.1, 0.15) is 26.3 Å². The van der Waals surface area contributed by atoms with Gasteiger partial charge in [-0.05, 0) is 39.4 Å². The Bertz CT molecular complexity index is 666. The van der Waals surface area contributed by atoms with E-state index in [2.05, 4.69) is 42.8 Å². The van der Waals surface area contributed by atoms with Gasteiger partial charge in [-0.25, -0.2) is 4.79 Å². The first kappa shape index (κ1) is 24.0. The maximum absolute atomic E-state index is 12.4. The first-order valence-corrected chi connectivity index (χ1v) is 10.6. The molecule has 0 aliphatic carbocycles. The van der Waals surface area contributed by atoms with Crippen molar-refractivity contribution < 1.29 is 19.4 Å². The van der Waals surface area contributed by atoms with Gasteiger partial charge in [-0.15, -0.1) is 0 Å². The van der Waals surface area contributed by atoms with E-state index in [-0.39, 0.29) is 24.1 Å². The molecule has 0 unspecified atom stereocenters. The number of rotatable bonds is 6. The van der Waals surface area contributed by atoms with Crippen molar-refractivity contribution in [3.8, 4) is 5.75 Å². The third-order valence-electron chi connectivity index (χ3n) is 5.81. The third-order valence-corrected chi connectivity index (χ3v) is 5.81. The van der Waals surface area contributed by atoms with E-state index >= 15 is 0 Å². The summed E-state index contributed by atoms with van der Waals surface area (Å²) in [6.07, 6.45) is 0.0913. The van der Waals surface area contributed by atoms with Gasteiger partial charge in [-0.3, -0.25) is 9.69 Å². The van der Waals surface area contributed by atoms with E-state index in [0.29, 0.717) is 19.6 Å². The minimum atomic E-state index is -0.250. The van der Waals surface area contributed by atoms with Gasteiger partial charge in [0.2, 0.25) is 0 Å². The molecule has 0 saturated carbocycles. The lowest BCUT2D eigenvalue weighted by Gasteiger charge is -2.45. The molecule has 8 heteroatoms. The van der Waals surface area contributed by atoms with Crippen molar-refractivity contribution in [1.82, 2.24) is 20.0 Å². The normalized spacial score (nSPS) is 18.1. The van der Waals surface area contributed by atoms with Crippen LogP contribution >= 0.6 is 0 Å². The molecule has 0 bridgehead atoms. The van der Waals surface area contributed by atoms with Crippen molar-refractivity contribution in [3.05, 3.63) is 29.8 Å². The molecule has 2 aliphatic rings. The molecule has 2 N–H and O–H groups in total. The summed E-state index contributed by atoms with van der Waals surface area (Å²) >= 11 is 0. The van der Waals surface area contributed by atoms with Gasteiger partial charge in [0.25, 0.3) is 6.47 Å². The molecule has 30 heavy (non-hydrogen) atoms. The van der Waals surface area contributed by atoms with E-state index in [1.54, 1.807) is 0 Å². The number of ether oxygens (including phenoxy) is 1. The highest BCUT2D eigenvalue weighted by Gasteiger charge is 2.34. The predicted molar refractivity (Wildman–Crippen MR) is 117 cm³/mol. The van der Waals surface area contributed by atoms with Crippen molar-refractivity contribution in [2.24, 2.45) is 0 Å². The molecule has 2 heterocycles. The minimum absolute atomic E-state index is 0.0130. The van der Waals surface area contributed by atoms with E-state index in [1.165, 1.54) is 5.56 Å². The molecule has 0 atom stereocenters. The summed E-state index contributed by atoms with van der Waals surface area (Å²) in [6, 6.07) is 8.07. The topological polar surface area (TPSA) is 85.4 Å². The maximum atomic E-state index is 12.4. The molecule has 8 nitrogen and oxygen atoms in total. The number of carbonyl (C=O) groups excluding carboxylic acids is 1. The molecule has 2 saturated heterocycles. The van der Waals surface area contributed by atoms with Crippen molar-refractivity contribution >= 4 is 12.5 Å². The highest BCUT2D eigenvalue weighted by molar-refractivity contribution is 5.75. The number of aryl methyl sites for hydroxylation is 1. The zero-order valence-electron chi connectivity index (χ0n) is 18.6. The van der Waals surface area contributed by atoms with Gasteiger partial charge >= 0.3 is 6.03 Å². The molecular weight excluding hydrogens is 384 g/mol. The minimum Gasteiger partial charge on any atom is -0.487 e. The third kappa shape index (κ3) is 6.88. The monoisotopic (exact) mass is 420 g/mol. The van der Waals surface area contributed by atoms with Crippen molar-refractivity contribution in [3.63, 3.8) is 0 Å². The van der Waals surface area contributed by atoms with Gasteiger partial charge in [0.15, 0.2) is 0 Å². The molecule has 2 amide bonds. The second kappa shape index (κ2) is 11.2. The number of nitrogens with one attached hydrogen (secondary N) is 1. The number of nitrogens with zero attached hydrogens (tertiary/aromatic N) is 3. The first-order chi connectivity index (χ1) is 14.3. The number of carbonyl (C=O) groups is 2. The van der Waals surface area contributed by atoms with E-state index in [9.17, 15) is 4.79 Å². The molecule has 2 aliphatic heterocycles. The lowest BCUT2D eigenvalue weighted by molar-refractivity contribution is -0.122. The Balaban J connectivity index is 0.00000101. The molecule has 1 aromatic carbocycles. The number of hydrogen-bond donors (Lipinski definition) is 2. The van der Waals surface area contributed by atoms with E-state index in [1.807, 2.05) is 29.2 Å². The summed E-state index contributed by atoms with van der Waals surface area (Å²) in [4.78, 5) is 27.6. The molecule has 3 rings (SSSR count). The number of likely N-dealkylation sites (tertiary alicyclic amines) is 1. The fraction of sp³-hybridized carbons (Fsp3) is 0.636. The van der Waals surface area contributed by atoms with Crippen LogP contribution in [-0.2, 0) is 4.79 Å². The van der Waals surface area contributed by atoms with E-state index < -0.39 is 0 Å². The average Bonchev–Trinajstić information content (AvgIpc) is 2.70. The summed E-state index contributed by atoms with van der Waals surface area (Å²) in [5, 5.41) is 10.0. The highest BCUT2D eigenvalue weighted by atomic mass is 16.5. The van der Waals surface area contributed by atoms with Gasteiger partial charge in [-0.2, -0.15) is 0 Å². The van der Waals surface area contributed by atoms with Crippen molar-refractivity contribution in [2.75, 3.05) is 52.4 Å². The second-order valence-electron chi connectivity index (χ2n) is 8.46. The molecule has 0 radical (unpaired) electrons. The largest absolute Gasteiger partial charge is 0.487 e. The lowest BCUT2D eigenvalue weighted by atomic mass is 10.0. The van der Waals surface area contributed by atoms with Crippen LogP contribution in [0, 0.1) is 6.92 Å². The lowest BCUT2D eigenvalue weighted by Crippen LogP contribution is -2.62. The van der Waals surface area contributed by atoms with Gasteiger partial charge < -0.3 is 25.0 Å². The van der Waals surface area contributed by atoms with Crippen LogP contribution in [0.15, 0.2) is 24.3 Å². The molecule has 168 valence electrons. The number of carboxylic acid groups (broad SMARTS) is 1. The van der Waals surface area contributed by atoms with Crippen LogP contribution in [0.4, 0.5) is 4.79 Å². The molecule has 2 fully saturated rings. The highest BCUT2D eigenvalue weighted by Crippen LogP contribution is 2.20. The quantitative estimate of drug-likeness (QED) is 0.684. The van der Waals surface area contributed by atoms with Crippen LogP contribution in [0.3, 0.4) is 0 Å². The Labute approximate surface area is 179 Å². The second-order valence-corrected chi connectivity index (χ2v) is 8.46. The standard InChI is InChI=1S/C21H34N4O2.CH2O2/c1-5-23-10-12-25(13-11-23)21(3,4)16-22-20(26)24-14-19(15-24)27-18-8-6-17(2)7-9-18;2-1-3/h6-9,19H,5,10-16H2,1-4H3,(H,22,26);1H,(H,2,3). The van der Waals surface area contributed by atoms with Gasteiger partial charge in [-0.1, -0.05) is 24.6 Å². The number of hydrogen-bond acceptors (Lipinski definition) is 5. The van der Waals surface area contributed by atoms with Gasteiger partial charge in [0, 0.05) is 38.3 Å². The van der Waals surface area contributed by atoms with Crippen LogP contribution in [0.25, 0.3) is 0 Å². The Morgan fingerprint density at radius 3 is 2.30 bits per heavy atom. The zero-order valence-corrected chi connectivity index (χ0v) is 18.6.